The summed E-state index contributed by atoms with van der Waals surface area (Å²) in [6.45, 7) is 4.19. The third-order valence-electron chi connectivity index (χ3n) is 3.10. The van der Waals surface area contributed by atoms with Crippen LogP contribution in [0.4, 0.5) is 0 Å². The van der Waals surface area contributed by atoms with Gasteiger partial charge in [0.25, 0.3) is 0 Å². The first-order chi connectivity index (χ1) is 6.60. The van der Waals surface area contributed by atoms with Gasteiger partial charge in [0, 0.05) is 0 Å². The van der Waals surface area contributed by atoms with E-state index in [1.807, 2.05) is 19.1 Å². The number of rotatable bonds is 1. The van der Waals surface area contributed by atoms with Gasteiger partial charge in [-0.3, -0.25) is 0 Å². The summed E-state index contributed by atoms with van der Waals surface area (Å²) in [4.78, 5) is 0. The lowest BCUT2D eigenvalue weighted by molar-refractivity contribution is 0.423. The lowest BCUT2D eigenvalue weighted by Gasteiger charge is -2.22. The summed E-state index contributed by atoms with van der Waals surface area (Å²) >= 11 is 0. The third kappa shape index (κ3) is 1.64. The number of aryl methyl sites for hydroxylation is 1. The van der Waals surface area contributed by atoms with Gasteiger partial charge in [-0.15, -0.1) is 0 Å². The summed E-state index contributed by atoms with van der Waals surface area (Å²) < 4.78 is 0. The lowest BCUT2D eigenvalue weighted by atomic mass is 9.93. The molecule has 14 heavy (non-hydrogen) atoms. The molecule has 1 aromatic heterocycles. The third-order valence-corrected chi connectivity index (χ3v) is 3.10. The molecule has 0 aliphatic heterocycles. The lowest BCUT2D eigenvalue weighted by Crippen LogP contribution is -2.34. The normalized spacial score (nSPS) is 32.1. The fourth-order valence-electron chi connectivity index (χ4n) is 2.23. The highest BCUT2D eigenvalue weighted by molar-refractivity contribution is 5.17. The zero-order chi connectivity index (χ0) is 10.2. The summed E-state index contributed by atoms with van der Waals surface area (Å²) in [6.07, 6.45) is 3.27. The minimum absolute atomic E-state index is 0.222. The zero-order valence-electron chi connectivity index (χ0n) is 8.83. The minimum Gasteiger partial charge on any atom is -0.320 e. The number of aromatic nitrogens is 2. The molecule has 3 heteroatoms. The van der Waals surface area contributed by atoms with Gasteiger partial charge in [0.1, 0.15) is 0 Å². The van der Waals surface area contributed by atoms with Crippen LogP contribution in [0.25, 0.3) is 0 Å². The predicted octanol–water partition coefficient (Wildman–Crippen LogP) is 1.76. The molecule has 0 aromatic carbocycles. The molecule has 0 spiro atoms. The van der Waals surface area contributed by atoms with Crippen LogP contribution >= 0.6 is 0 Å². The Morgan fingerprint density at radius 2 is 2.21 bits per heavy atom. The van der Waals surface area contributed by atoms with Crippen molar-refractivity contribution in [3.8, 4) is 0 Å². The van der Waals surface area contributed by atoms with Crippen molar-refractivity contribution in [3.63, 3.8) is 0 Å². The highest BCUT2D eigenvalue weighted by Gasteiger charge is 2.36. The molecule has 0 radical (unpaired) electrons. The molecule has 1 aliphatic carbocycles. The first-order valence-electron chi connectivity index (χ1n) is 5.20. The van der Waals surface area contributed by atoms with Crippen LogP contribution in [0.1, 0.15) is 37.6 Å². The molecule has 3 nitrogen and oxygen atoms in total. The second-order valence-electron chi connectivity index (χ2n) is 4.56. The number of hydrogen-bond acceptors (Lipinski definition) is 3. The van der Waals surface area contributed by atoms with Crippen molar-refractivity contribution in [2.24, 2.45) is 11.7 Å². The van der Waals surface area contributed by atoms with Crippen molar-refractivity contribution in [1.29, 1.82) is 0 Å². The number of nitrogens with zero attached hydrogens (tertiary/aromatic N) is 2. The van der Waals surface area contributed by atoms with Crippen molar-refractivity contribution in [1.82, 2.24) is 10.2 Å². The molecule has 76 valence electrons. The molecule has 0 saturated heterocycles. The van der Waals surface area contributed by atoms with Gasteiger partial charge < -0.3 is 5.73 Å². The van der Waals surface area contributed by atoms with Crippen LogP contribution < -0.4 is 5.73 Å². The van der Waals surface area contributed by atoms with Crippen LogP contribution in [0.2, 0.25) is 0 Å². The highest BCUT2D eigenvalue weighted by Crippen LogP contribution is 2.38. The van der Waals surface area contributed by atoms with E-state index in [2.05, 4.69) is 17.1 Å². The molecule has 0 amide bonds. The molecule has 1 aliphatic rings. The summed E-state index contributed by atoms with van der Waals surface area (Å²) in [5.41, 5.74) is 8.00. The summed E-state index contributed by atoms with van der Waals surface area (Å²) in [7, 11) is 0. The van der Waals surface area contributed by atoms with Gasteiger partial charge in [-0.25, -0.2) is 0 Å². The fraction of sp³-hybridized carbons (Fsp3) is 0.636. The molecule has 1 aromatic rings. The average Bonchev–Trinajstić information content (AvgIpc) is 2.48. The van der Waals surface area contributed by atoms with Crippen LogP contribution in [0.3, 0.4) is 0 Å². The van der Waals surface area contributed by atoms with Gasteiger partial charge in [0.15, 0.2) is 0 Å². The average molecular weight is 191 g/mol. The van der Waals surface area contributed by atoms with E-state index in [9.17, 15) is 0 Å². The monoisotopic (exact) mass is 191 g/mol. The molecule has 1 heterocycles. The van der Waals surface area contributed by atoms with Crippen molar-refractivity contribution in [2.45, 2.75) is 38.6 Å². The predicted molar refractivity (Wildman–Crippen MR) is 55.6 cm³/mol. The smallest absolute Gasteiger partial charge is 0.0829 e. The Hall–Kier alpha value is -0.960. The van der Waals surface area contributed by atoms with Gasteiger partial charge in [0.2, 0.25) is 0 Å². The molecule has 1 fully saturated rings. The van der Waals surface area contributed by atoms with Gasteiger partial charge in [-0.05, 0) is 44.2 Å². The van der Waals surface area contributed by atoms with Crippen LogP contribution in [-0.4, -0.2) is 10.2 Å². The van der Waals surface area contributed by atoms with Crippen molar-refractivity contribution in [3.05, 3.63) is 23.5 Å². The topological polar surface area (TPSA) is 51.8 Å². The van der Waals surface area contributed by atoms with Crippen molar-refractivity contribution < 1.29 is 0 Å². The quantitative estimate of drug-likeness (QED) is 0.736. The van der Waals surface area contributed by atoms with Crippen LogP contribution in [-0.2, 0) is 5.54 Å². The SMILES string of the molecule is Cc1ccc(C2(N)CCC(C)C2)nn1. The summed E-state index contributed by atoms with van der Waals surface area (Å²) in [5, 5.41) is 8.26. The van der Waals surface area contributed by atoms with E-state index in [-0.39, 0.29) is 5.54 Å². The zero-order valence-corrected chi connectivity index (χ0v) is 8.83. The first kappa shape index (κ1) is 9.59. The molecular formula is C11H17N3. The second kappa shape index (κ2) is 3.31. The molecule has 0 bridgehead atoms. The molecule has 2 unspecified atom stereocenters. The molecule has 1 saturated carbocycles. The van der Waals surface area contributed by atoms with Crippen molar-refractivity contribution in [2.75, 3.05) is 0 Å². The van der Waals surface area contributed by atoms with E-state index in [0.717, 1.165) is 24.2 Å². The van der Waals surface area contributed by atoms with E-state index in [1.54, 1.807) is 0 Å². The van der Waals surface area contributed by atoms with E-state index in [0.29, 0.717) is 5.92 Å². The van der Waals surface area contributed by atoms with Gasteiger partial charge in [0.05, 0.1) is 16.9 Å². The van der Waals surface area contributed by atoms with Crippen molar-refractivity contribution >= 4 is 0 Å². The maximum absolute atomic E-state index is 6.32. The maximum Gasteiger partial charge on any atom is 0.0829 e. The van der Waals surface area contributed by atoms with Gasteiger partial charge in [-0.2, -0.15) is 10.2 Å². The molecule has 2 N–H and O–H groups in total. The van der Waals surface area contributed by atoms with Crippen LogP contribution in [0, 0.1) is 12.8 Å². The van der Waals surface area contributed by atoms with E-state index < -0.39 is 0 Å². The Kier molecular flexibility index (Phi) is 2.27. The van der Waals surface area contributed by atoms with Gasteiger partial charge >= 0.3 is 0 Å². The second-order valence-corrected chi connectivity index (χ2v) is 4.56. The highest BCUT2D eigenvalue weighted by atomic mass is 15.1. The molecule has 2 rings (SSSR count). The van der Waals surface area contributed by atoms with Crippen LogP contribution in [0.5, 0.6) is 0 Å². The number of nitrogens with two attached hydrogens (primary N) is 1. The van der Waals surface area contributed by atoms with E-state index in [1.165, 1.54) is 6.42 Å². The van der Waals surface area contributed by atoms with Crippen LogP contribution in [0.15, 0.2) is 12.1 Å². The van der Waals surface area contributed by atoms with Gasteiger partial charge in [-0.1, -0.05) is 6.92 Å². The Morgan fingerprint density at radius 3 is 2.71 bits per heavy atom. The van der Waals surface area contributed by atoms with E-state index in [4.69, 9.17) is 5.73 Å². The van der Waals surface area contributed by atoms with E-state index >= 15 is 0 Å². The Bertz CT molecular complexity index is 320. The largest absolute Gasteiger partial charge is 0.320 e. The Labute approximate surface area is 84.7 Å². The summed E-state index contributed by atoms with van der Waals surface area (Å²) in [5.74, 6) is 0.711. The molecular weight excluding hydrogens is 174 g/mol. The minimum atomic E-state index is -0.222. The molecule has 2 atom stereocenters. The number of hydrogen-bond donors (Lipinski definition) is 1. The Morgan fingerprint density at radius 1 is 1.43 bits per heavy atom. The fourth-order valence-corrected chi connectivity index (χ4v) is 2.23. The Balaban J connectivity index is 2.26. The summed E-state index contributed by atoms with van der Waals surface area (Å²) in [6, 6.07) is 4.00. The standard InChI is InChI=1S/C11H17N3/c1-8-5-6-11(12,7-8)10-4-3-9(2)13-14-10/h3-4,8H,5-7,12H2,1-2H3. The maximum atomic E-state index is 6.32. The first-order valence-corrected chi connectivity index (χ1v) is 5.20.